The van der Waals surface area contributed by atoms with E-state index in [9.17, 15) is 14.0 Å². The lowest BCUT2D eigenvalue weighted by Crippen LogP contribution is -2.39. The Balaban J connectivity index is 1.77. The second-order valence-corrected chi connectivity index (χ2v) is 7.52. The van der Waals surface area contributed by atoms with E-state index in [0.29, 0.717) is 16.3 Å². The van der Waals surface area contributed by atoms with Gasteiger partial charge in [-0.3, -0.25) is 9.59 Å². The molecule has 154 valence electrons. The minimum absolute atomic E-state index is 0.168. The summed E-state index contributed by atoms with van der Waals surface area (Å²) >= 11 is 12.1. The molecule has 0 aromatic heterocycles. The van der Waals surface area contributed by atoms with Gasteiger partial charge in [-0.2, -0.15) is 0 Å². The van der Waals surface area contributed by atoms with Crippen LogP contribution in [-0.4, -0.2) is 24.9 Å². The molecule has 4 nitrogen and oxygen atoms in total. The fourth-order valence-corrected chi connectivity index (χ4v) is 3.35. The molecule has 0 radical (unpaired) electrons. The fourth-order valence-electron chi connectivity index (χ4n) is 2.87. The summed E-state index contributed by atoms with van der Waals surface area (Å²) in [4.78, 5) is 26.9. The normalized spacial score (nSPS) is 10.5. The highest BCUT2D eigenvalue weighted by atomic mass is 35.5. The standard InChI is InChI=1S/C23H19Cl2FN2O2/c1-15-2-4-16(5-3-15)22(29)27-12-13-28(19-9-7-18(26)8-10-19)23(30)20-11-6-17(24)14-21(20)25/h2-11,14H,12-13H2,1H3,(H,27,29). The summed E-state index contributed by atoms with van der Waals surface area (Å²) in [7, 11) is 0. The Morgan fingerprint density at radius 1 is 0.967 bits per heavy atom. The molecule has 0 saturated carbocycles. The predicted molar refractivity (Wildman–Crippen MR) is 118 cm³/mol. The fraction of sp³-hybridized carbons (Fsp3) is 0.130. The summed E-state index contributed by atoms with van der Waals surface area (Å²) in [6.07, 6.45) is 0. The molecule has 3 rings (SSSR count). The number of rotatable bonds is 6. The zero-order chi connectivity index (χ0) is 21.7. The maximum Gasteiger partial charge on any atom is 0.259 e. The third-order valence-electron chi connectivity index (χ3n) is 4.48. The van der Waals surface area contributed by atoms with Crippen LogP contribution in [-0.2, 0) is 0 Å². The second-order valence-electron chi connectivity index (χ2n) is 6.68. The Hall–Kier alpha value is -2.89. The number of hydrogen-bond acceptors (Lipinski definition) is 2. The molecule has 7 heteroatoms. The Labute approximate surface area is 184 Å². The first-order valence-corrected chi connectivity index (χ1v) is 9.98. The van der Waals surface area contributed by atoms with Crippen LogP contribution in [0, 0.1) is 12.7 Å². The van der Waals surface area contributed by atoms with Gasteiger partial charge in [0.05, 0.1) is 10.6 Å². The van der Waals surface area contributed by atoms with Crippen LogP contribution < -0.4 is 10.2 Å². The number of nitrogens with one attached hydrogen (secondary N) is 1. The lowest BCUT2D eigenvalue weighted by atomic mass is 10.1. The first-order chi connectivity index (χ1) is 14.3. The summed E-state index contributed by atoms with van der Waals surface area (Å²) < 4.78 is 13.4. The molecule has 0 aliphatic rings. The van der Waals surface area contributed by atoms with E-state index in [1.807, 2.05) is 19.1 Å². The van der Waals surface area contributed by atoms with Gasteiger partial charge in [0.1, 0.15) is 5.82 Å². The van der Waals surface area contributed by atoms with Gasteiger partial charge in [-0.1, -0.05) is 40.9 Å². The Kier molecular flexibility index (Phi) is 7.08. The first kappa shape index (κ1) is 21.8. The summed E-state index contributed by atoms with van der Waals surface area (Å²) in [6.45, 7) is 2.30. The lowest BCUT2D eigenvalue weighted by Gasteiger charge is -2.24. The van der Waals surface area contributed by atoms with Crippen LogP contribution in [0.4, 0.5) is 10.1 Å². The quantitative estimate of drug-likeness (QED) is 0.544. The third kappa shape index (κ3) is 5.38. The number of hydrogen-bond donors (Lipinski definition) is 1. The van der Waals surface area contributed by atoms with E-state index in [1.165, 1.54) is 41.3 Å². The van der Waals surface area contributed by atoms with Crippen LogP contribution in [0.1, 0.15) is 26.3 Å². The predicted octanol–water partition coefficient (Wildman–Crippen LogP) is 5.52. The average molecular weight is 445 g/mol. The van der Waals surface area contributed by atoms with E-state index in [-0.39, 0.29) is 35.5 Å². The van der Waals surface area contributed by atoms with Crippen molar-refractivity contribution in [1.82, 2.24) is 5.32 Å². The van der Waals surface area contributed by atoms with Crippen molar-refractivity contribution in [3.63, 3.8) is 0 Å². The monoisotopic (exact) mass is 444 g/mol. The second kappa shape index (κ2) is 9.74. The number of halogens is 3. The van der Waals surface area contributed by atoms with Gasteiger partial charge in [-0.25, -0.2) is 4.39 Å². The van der Waals surface area contributed by atoms with Crippen molar-refractivity contribution in [2.75, 3.05) is 18.0 Å². The average Bonchev–Trinajstić information content (AvgIpc) is 2.72. The molecule has 0 unspecified atom stereocenters. The van der Waals surface area contributed by atoms with Crippen molar-refractivity contribution in [2.45, 2.75) is 6.92 Å². The summed E-state index contributed by atoms with van der Waals surface area (Å²) in [5.41, 5.74) is 2.33. The molecule has 0 fully saturated rings. The highest BCUT2D eigenvalue weighted by Gasteiger charge is 2.20. The molecule has 1 N–H and O–H groups in total. The zero-order valence-electron chi connectivity index (χ0n) is 16.2. The topological polar surface area (TPSA) is 49.4 Å². The van der Waals surface area contributed by atoms with Crippen LogP contribution in [0.2, 0.25) is 10.0 Å². The maximum atomic E-state index is 13.4. The number of anilines is 1. The molecule has 3 aromatic rings. The van der Waals surface area contributed by atoms with Crippen LogP contribution in [0.25, 0.3) is 0 Å². The summed E-state index contributed by atoms with van der Waals surface area (Å²) in [5.74, 6) is -1.04. The molecule has 0 aliphatic heterocycles. The van der Waals surface area contributed by atoms with Crippen LogP contribution in [0.15, 0.2) is 66.7 Å². The SMILES string of the molecule is Cc1ccc(C(=O)NCCN(C(=O)c2ccc(Cl)cc2Cl)c2ccc(F)cc2)cc1. The van der Waals surface area contributed by atoms with Crippen LogP contribution in [0.3, 0.4) is 0 Å². The number of nitrogens with zero attached hydrogens (tertiary/aromatic N) is 1. The van der Waals surface area contributed by atoms with E-state index in [0.717, 1.165) is 5.56 Å². The van der Waals surface area contributed by atoms with Gasteiger partial charge in [0.2, 0.25) is 0 Å². The molecular formula is C23H19Cl2FN2O2. The largest absolute Gasteiger partial charge is 0.350 e. The molecule has 0 bridgehead atoms. The van der Waals surface area contributed by atoms with E-state index in [2.05, 4.69) is 5.32 Å². The van der Waals surface area contributed by atoms with Crippen molar-refractivity contribution in [3.05, 3.63) is 99.3 Å². The zero-order valence-corrected chi connectivity index (χ0v) is 17.7. The van der Waals surface area contributed by atoms with Crippen molar-refractivity contribution in [1.29, 1.82) is 0 Å². The summed E-state index contributed by atoms with van der Waals surface area (Å²) in [6, 6.07) is 17.3. The van der Waals surface area contributed by atoms with Crippen molar-refractivity contribution < 1.29 is 14.0 Å². The minimum atomic E-state index is -0.414. The van der Waals surface area contributed by atoms with Gasteiger partial charge in [-0.05, 0) is 61.5 Å². The van der Waals surface area contributed by atoms with Gasteiger partial charge in [-0.15, -0.1) is 0 Å². The van der Waals surface area contributed by atoms with Crippen molar-refractivity contribution in [2.24, 2.45) is 0 Å². The number of carbonyl (C=O) groups is 2. The van der Waals surface area contributed by atoms with E-state index in [4.69, 9.17) is 23.2 Å². The van der Waals surface area contributed by atoms with Crippen molar-refractivity contribution in [3.8, 4) is 0 Å². The Morgan fingerprint density at radius 3 is 2.27 bits per heavy atom. The molecule has 0 atom stereocenters. The van der Waals surface area contributed by atoms with Crippen molar-refractivity contribution >= 4 is 40.7 Å². The van der Waals surface area contributed by atoms with Crippen LogP contribution >= 0.6 is 23.2 Å². The Morgan fingerprint density at radius 2 is 1.63 bits per heavy atom. The van der Waals surface area contributed by atoms with E-state index < -0.39 is 5.82 Å². The van der Waals surface area contributed by atoms with Gasteiger partial charge < -0.3 is 10.2 Å². The van der Waals surface area contributed by atoms with Crippen LogP contribution in [0.5, 0.6) is 0 Å². The molecule has 0 saturated heterocycles. The highest BCUT2D eigenvalue weighted by Crippen LogP contribution is 2.25. The molecular weight excluding hydrogens is 426 g/mol. The molecule has 0 spiro atoms. The highest BCUT2D eigenvalue weighted by molar-refractivity contribution is 6.37. The first-order valence-electron chi connectivity index (χ1n) is 9.22. The lowest BCUT2D eigenvalue weighted by molar-refractivity contribution is 0.0943. The molecule has 3 aromatic carbocycles. The molecule has 30 heavy (non-hydrogen) atoms. The van der Waals surface area contributed by atoms with Gasteiger partial charge in [0.15, 0.2) is 0 Å². The molecule has 0 heterocycles. The number of benzene rings is 3. The van der Waals surface area contributed by atoms with Gasteiger partial charge in [0.25, 0.3) is 11.8 Å². The number of aryl methyl sites for hydroxylation is 1. The van der Waals surface area contributed by atoms with Gasteiger partial charge >= 0.3 is 0 Å². The molecule has 2 amide bonds. The summed E-state index contributed by atoms with van der Waals surface area (Å²) in [5, 5.41) is 3.42. The third-order valence-corrected chi connectivity index (χ3v) is 5.03. The van der Waals surface area contributed by atoms with E-state index >= 15 is 0 Å². The minimum Gasteiger partial charge on any atom is -0.350 e. The smallest absolute Gasteiger partial charge is 0.259 e. The molecule has 0 aliphatic carbocycles. The number of amides is 2. The van der Waals surface area contributed by atoms with E-state index in [1.54, 1.807) is 18.2 Å². The Bertz CT molecular complexity index is 1050. The van der Waals surface area contributed by atoms with Gasteiger partial charge in [0, 0.05) is 29.4 Å². The number of carbonyl (C=O) groups excluding carboxylic acids is 2. The maximum absolute atomic E-state index is 13.4.